The van der Waals surface area contributed by atoms with E-state index in [-0.39, 0.29) is 6.54 Å². The standard InChI is InChI=1S/C13H18FN5O3/c1-3-13(5-6-16-18-15)8(2)10(14)11(22-13)19-7-4-9(20)17-12(19)21/h4,7-8,10-11H,3,5-6H2,1-2H3,(H,17,20,21)/t8?,10-,11+,13-/m0/s1. The van der Waals surface area contributed by atoms with Crippen LogP contribution in [0.15, 0.2) is 27.0 Å². The molecule has 8 nitrogen and oxygen atoms in total. The molecule has 1 saturated heterocycles. The Kier molecular flexibility index (Phi) is 4.68. The summed E-state index contributed by atoms with van der Waals surface area (Å²) < 4.78 is 21.6. The summed E-state index contributed by atoms with van der Waals surface area (Å²) >= 11 is 0. The highest BCUT2D eigenvalue weighted by atomic mass is 19.1. The number of hydrogen-bond donors (Lipinski definition) is 1. The quantitative estimate of drug-likeness (QED) is 0.509. The number of hydrogen-bond acceptors (Lipinski definition) is 4. The number of halogens is 1. The topological polar surface area (TPSA) is 113 Å². The SMILES string of the molecule is CC[C@@]1(CCN=[N+]=[N-])O[C@@H](n2ccc(=O)[nH]c2=O)[C@@H](F)C1C. The monoisotopic (exact) mass is 311 g/mol. The van der Waals surface area contributed by atoms with Crippen LogP contribution < -0.4 is 11.2 Å². The second-order valence-corrected chi connectivity index (χ2v) is 5.38. The largest absolute Gasteiger partial charge is 0.348 e. The van der Waals surface area contributed by atoms with Crippen LogP contribution in [0.3, 0.4) is 0 Å². The van der Waals surface area contributed by atoms with Crippen LogP contribution in [0.4, 0.5) is 4.39 Å². The molecule has 2 rings (SSSR count). The van der Waals surface area contributed by atoms with Gasteiger partial charge in [0.1, 0.15) is 0 Å². The van der Waals surface area contributed by atoms with Crippen LogP contribution in [0.1, 0.15) is 32.9 Å². The van der Waals surface area contributed by atoms with Crippen LogP contribution in [0.5, 0.6) is 0 Å². The number of ether oxygens (including phenoxy) is 1. The van der Waals surface area contributed by atoms with E-state index in [1.165, 1.54) is 6.20 Å². The minimum absolute atomic E-state index is 0.189. The van der Waals surface area contributed by atoms with Gasteiger partial charge >= 0.3 is 5.69 Å². The number of alkyl halides is 1. The maximum Gasteiger partial charge on any atom is 0.330 e. The Bertz CT molecular complexity index is 695. The second-order valence-electron chi connectivity index (χ2n) is 5.38. The van der Waals surface area contributed by atoms with Gasteiger partial charge in [0.25, 0.3) is 5.56 Å². The molecule has 1 aliphatic rings. The summed E-state index contributed by atoms with van der Waals surface area (Å²) in [7, 11) is 0. The predicted molar refractivity (Wildman–Crippen MR) is 77.2 cm³/mol. The van der Waals surface area contributed by atoms with Gasteiger partial charge in [0.05, 0.1) is 5.60 Å². The number of azide groups is 1. The summed E-state index contributed by atoms with van der Waals surface area (Å²) in [5, 5.41) is 3.48. The lowest BCUT2D eigenvalue weighted by molar-refractivity contribution is -0.0946. The van der Waals surface area contributed by atoms with Crippen molar-refractivity contribution < 1.29 is 9.13 Å². The van der Waals surface area contributed by atoms with E-state index < -0.39 is 35.2 Å². The summed E-state index contributed by atoms with van der Waals surface area (Å²) in [6.07, 6.45) is -0.405. The van der Waals surface area contributed by atoms with E-state index in [0.29, 0.717) is 12.8 Å². The molecule has 1 aromatic heterocycles. The zero-order valence-electron chi connectivity index (χ0n) is 12.4. The smallest absolute Gasteiger partial charge is 0.330 e. The van der Waals surface area contributed by atoms with Crippen molar-refractivity contribution in [2.45, 2.75) is 44.7 Å². The number of aromatic nitrogens is 2. The van der Waals surface area contributed by atoms with Crippen molar-refractivity contribution in [2.75, 3.05) is 6.54 Å². The van der Waals surface area contributed by atoms with Crippen molar-refractivity contribution in [2.24, 2.45) is 11.0 Å². The molecule has 0 aromatic carbocycles. The summed E-state index contributed by atoms with van der Waals surface area (Å²) in [4.78, 5) is 27.7. The van der Waals surface area contributed by atoms with Gasteiger partial charge in [-0.05, 0) is 18.4 Å². The van der Waals surface area contributed by atoms with Crippen molar-refractivity contribution in [3.8, 4) is 0 Å². The van der Waals surface area contributed by atoms with E-state index in [1.54, 1.807) is 6.92 Å². The molecule has 1 fully saturated rings. The first-order valence-electron chi connectivity index (χ1n) is 7.09. The normalized spacial score (nSPS) is 31.0. The first-order chi connectivity index (χ1) is 10.4. The van der Waals surface area contributed by atoms with Crippen LogP contribution in [-0.2, 0) is 4.74 Å². The fourth-order valence-electron chi connectivity index (χ4n) is 2.94. The molecule has 1 unspecified atom stereocenters. The number of aromatic amines is 1. The molecule has 1 N–H and O–H groups in total. The lowest BCUT2D eigenvalue weighted by Crippen LogP contribution is -2.36. The van der Waals surface area contributed by atoms with Crippen molar-refractivity contribution in [3.63, 3.8) is 0 Å². The average Bonchev–Trinajstić information content (AvgIpc) is 2.73. The Balaban J connectivity index is 2.34. The van der Waals surface area contributed by atoms with Crippen LogP contribution >= 0.6 is 0 Å². The zero-order chi connectivity index (χ0) is 16.3. The Morgan fingerprint density at radius 1 is 1.59 bits per heavy atom. The lowest BCUT2D eigenvalue weighted by atomic mass is 9.83. The fraction of sp³-hybridized carbons (Fsp3) is 0.692. The Hall–Kier alpha value is -2.12. The second kappa shape index (κ2) is 6.33. The molecule has 22 heavy (non-hydrogen) atoms. The van der Waals surface area contributed by atoms with Crippen molar-refractivity contribution in [1.82, 2.24) is 9.55 Å². The highest BCUT2D eigenvalue weighted by molar-refractivity contribution is 4.99. The zero-order valence-corrected chi connectivity index (χ0v) is 12.4. The summed E-state index contributed by atoms with van der Waals surface area (Å²) in [5.41, 5.74) is 6.30. The minimum atomic E-state index is -1.41. The van der Waals surface area contributed by atoms with Crippen molar-refractivity contribution in [1.29, 1.82) is 0 Å². The first-order valence-corrected chi connectivity index (χ1v) is 7.09. The molecule has 0 saturated carbocycles. The van der Waals surface area contributed by atoms with Crippen molar-refractivity contribution >= 4 is 0 Å². The molecular weight excluding hydrogens is 293 g/mol. The van der Waals surface area contributed by atoms with Crippen LogP contribution in [0.25, 0.3) is 10.4 Å². The Morgan fingerprint density at radius 3 is 2.91 bits per heavy atom. The fourth-order valence-corrected chi connectivity index (χ4v) is 2.94. The molecule has 4 atom stereocenters. The van der Waals surface area contributed by atoms with Gasteiger partial charge in [-0.1, -0.05) is 19.0 Å². The third-order valence-electron chi connectivity index (χ3n) is 4.36. The van der Waals surface area contributed by atoms with Crippen LogP contribution in [0.2, 0.25) is 0 Å². The van der Waals surface area contributed by atoms with Crippen LogP contribution in [-0.4, -0.2) is 27.9 Å². The summed E-state index contributed by atoms with van der Waals surface area (Å²) in [6.45, 7) is 3.76. The highest BCUT2D eigenvalue weighted by Gasteiger charge is 2.52. The molecule has 0 aliphatic carbocycles. The third kappa shape index (κ3) is 2.77. The minimum Gasteiger partial charge on any atom is -0.348 e. The van der Waals surface area contributed by atoms with E-state index >= 15 is 0 Å². The van der Waals surface area contributed by atoms with Crippen molar-refractivity contribution in [3.05, 3.63) is 43.5 Å². The number of nitrogens with one attached hydrogen (secondary N) is 1. The van der Waals surface area contributed by atoms with Gasteiger partial charge in [-0.3, -0.25) is 14.3 Å². The molecule has 1 aromatic rings. The molecule has 2 heterocycles. The van der Waals surface area contributed by atoms with Gasteiger partial charge in [0.15, 0.2) is 12.4 Å². The van der Waals surface area contributed by atoms with Gasteiger partial charge in [0.2, 0.25) is 0 Å². The maximum absolute atomic E-state index is 14.7. The molecule has 0 radical (unpaired) electrons. The Morgan fingerprint density at radius 2 is 2.32 bits per heavy atom. The highest BCUT2D eigenvalue weighted by Crippen LogP contribution is 2.46. The van der Waals surface area contributed by atoms with E-state index in [0.717, 1.165) is 10.6 Å². The van der Waals surface area contributed by atoms with Gasteiger partial charge in [-0.25, -0.2) is 9.18 Å². The number of rotatable bonds is 5. The third-order valence-corrected chi connectivity index (χ3v) is 4.36. The summed E-state index contributed by atoms with van der Waals surface area (Å²) in [5.74, 6) is -0.477. The average molecular weight is 311 g/mol. The molecule has 0 amide bonds. The van der Waals surface area contributed by atoms with E-state index in [2.05, 4.69) is 15.0 Å². The van der Waals surface area contributed by atoms with Crippen LogP contribution in [0, 0.1) is 5.92 Å². The molecule has 0 bridgehead atoms. The van der Waals surface area contributed by atoms with Gasteiger partial charge < -0.3 is 4.74 Å². The summed E-state index contributed by atoms with van der Waals surface area (Å²) in [6, 6.07) is 1.15. The molecule has 9 heteroatoms. The maximum atomic E-state index is 14.7. The number of H-pyrrole nitrogens is 1. The van der Waals surface area contributed by atoms with E-state index in [4.69, 9.17) is 10.3 Å². The molecule has 120 valence electrons. The van der Waals surface area contributed by atoms with Gasteiger partial charge in [-0.2, -0.15) is 0 Å². The predicted octanol–water partition coefficient (Wildman–Crippen LogP) is 1.89. The first kappa shape index (κ1) is 16.3. The van der Waals surface area contributed by atoms with Gasteiger partial charge in [-0.15, -0.1) is 0 Å². The number of nitrogens with zero attached hydrogens (tertiary/aromatic N) is 4. The lowest BCUT2D eigenvalue weighted by Gasteiger charge is -2.31. The Labute approximate surface area is 125 Å². The van der Waals surface area contributed by atoms with Gasteiger partial charge in [0, 0.05) is 29.6 Å². The van der Waals surface area contributed by atoms with E-state index in [1.807, 2.05) is 6.92 Å². The van der Waals surface area contributed by atoms with E-state index in [9.17, 15) is 14.0 Å². The molecular formula is C13H18FN5O3. The molecule has 0 spiro atoms. The molecule has 1 aliphatic heterocycles.